The minimum absolute atomic E-state index is 0.781. The molecule has 1 aliphatic carbocycles. The summed E-state index contributed by atoms with van der Waals surface area (Å²) in [5.74, 6) is 0.781. The highest BCUT2D eigenvalue weighted by Crippen LogP contribution is 2.48. The first-order chi connectivity index (χ1) is 8.40. The van der Waals surface area contributed by atoms with Crippen LogP contribution in [0.5, 0.6) is 0 Å². The van der Waals surface area contributed by atoms with Crippen molar-refractivity contribution in [1.82, 2.24) is 5.32 Å². The number of rotatable bonds is 4. The van der Waals surface area contributed by atoms with E-state index in [1.165, 1.54) is 55.5 Å². The molecule has 89 valence electrons. The summed E-state index contributed by atoms with van der Waals surface area (Å²) in [4.78, 5) is 0. The van der Waals surface area contributed by atoms with Crippen molar-refractivity contribution in [1.29, 1.82) is 0 Å². The number of benzene rings is 1. The largest absolute Gasteiger partial charge is 0.253 e. The molecule has 1 aromatic rings. The molecule has 17 heavy (non-hydrogen) atoms. The average molecular weight is 226 g/mol. The van der Waals surface area contributed by atoms with Gasteiger partial charge in [0.25, 0.3) is 0 Å². The highest BCUT2D eigenvalue weighted by molar-refractivity contribution is 5.84. The van der Waals surface area contributed by atoms with Gasteiger partial charge >= 0.3 is 0 Å². The van der Waals surface area contributed by atoms with Crippen LogP contribution in [-0.2, 0) is 0 Å². The molecule has 2 aliphatic rings. The lowest BCUT2D eigenvalue weighted by atomic mass is 9.90. The monoisotopic (exact) mass is 226 g/mol. The van der Waals surface area contributed by atoms with E-state index >= 15 is 0 Å². The maximum Gasteiger partial charge on any atom is 0.0708 e. The van der Waals surface area contributed by atoms with Crippen molar-refractivity contribution in [2.45, 2.75) is 45.4 Å². The van der Waals surface area contributed by atoms with Crippen molar-refractivity contribution in [3.63, 3.8) is 0 Å². The van der Waals surface area contributed by atoms with Crippen molar-refractivity contribution in [3.05, 3.63) is 35.5 Å². The van der Waals surface area contributed by atoms with Crippen LogP contribution < -0.4 is 5.32 Å². The summed E-state index contributed by atoms with van der Waals surface area (Å²) in [6, 6.07) is 8.64. The van der Waals surface area contributed by atoms with Gasteiger partial charge in [0.05, 0.1) is 5.69 Å². The SMILES string of the molecule is CCCCCC1CCC2=C1c1ccccc1[N]2. The zero-order valence-corrected chi connectivity index (χ0v) is 10.6. The van der Waals surface area contributed by atoms with Crippen molar-refractivity contribution in [2.24, 2.45) is 5.92 Å². The van der Waals surface area contributed by atoms with Crippen LogP contribution in [0.3, 0.4) is 0 Å². The van der Waals surface area contributed by atoms with Crippen LogP contribution in [-0.4, -0.2) is 0 Å². The predicted octanol–water partition coefficient (Wildman–Crippen LogP) is 4.64. The number of hydrogen-bond donors (Lipinski definition) is 0. The lowest BCUT2D eigenvalue weighted by Gasteiger charge is -2.14. The quantitative estimate of drug-likeness (QED) is 0.664. The van der Waals surface area contributed by atoms with Gasteiger partial charge in [0.1, 0.15) is 0 Å². The van der Waals surface area contributed by atoms with Gasteiger partial charge in [-0.05, 0) is 36.8 Å². The Kier molecular flexibility index (Phi) is 2.92. The molecule has 1 radical (unpaired) electrons. The van der Waals surface area contributed by atoms with E-state index in [0.717, 1.165) is 5.92 Å². The Balaban J connectivity index is 1.78. The van der Waals surface area contributed by atoms with Crippen LogP contribution in [0.2, 0.25) is 0 Å². The van der Waals surface area contributed by atoms with Gasteiger partial charge in [0.2, 0.25) is 0 Å². The van der Waals surface area contributed by atoms with Crippen LogP contribution in [0.1, 0.15) is 51.0 Å². The van der Waals surface area contributed by atoms with E-state index in [2.05, 4.69) is 31.2 Å². The lowest BCUT2D eigenvalue weighted by Crippen LogP contribution is -1.98. The maximum absolute atomic E-state index is 4.77. The fourth-order valence-corrected chi connectivity index (χ4v) is 3.19. The van der Waals surface area contributed by atoms with E-state index in [1.807, 2.05) is 0 Å². The van der Waals surface area contributed by atoms with Crippen LogP contribution in [0, 0.1) is 5.92 Å². The minimum atomic E-state index is 0.781. The van der Waals surface area contributed by atoms with Gasteiger partial charge in [-0.25, -0.2) is 0 Å². The first-order valence-electron chi connectivity index (χ1n) is 6.94. The lowest BCUT2D eigenvalue weighted by molar-refractivity contribution is 0.538. The second-order valence-corrected chi connectivity index (χ2v) is 5.22. The molecule has 0 aromatic heterocycles. The van der Waals surface area contributed by atoms with Gasteiger partial charge in [0, 0.05) is 11.3 Å². The van der Waals surface area contributed by atoms with E-state index in [1.54, 1.807) is 5.57 Å². The summed E-state index contributed by atoms with van der Waals surface area (Å²) in [6.45, 7) is 2.28. The molecule has 0 saturated heterocycles. The third kappa shape index (κ3) is 1.88. The summed E-state index contributed by atoms with van der Waals surface area (Å²) < 4.78 is 0. The van der Waals surface area contributed by atoms with E-state index in [4.69, 9.17) is 5.32 Å². The van der Waals surface area contributed by atoms with Gasteiger partial charge in [-0.15, -0.1) is 0 Å². The van der Waals surface area contributed by atoms with Gasteiger partial charge in [-0.2, -0.15) is 0 Å². The number of fused-ring (bicyclic) bond motifs is 2. The molecule has 0 N–H and O–H groups in total. The second kappa shape index (κ2) is 4.56. The predicted molar refractivity (Wildman–Crippen MR) is 72.0 cm³/mol. The second-order valence-electron chi connectivity index (χ2n) is 5.22. The molecule has 3 rings (SSSR count). The molecule has 0 bridgehead atoms. The number of hydrogen-bond acceptors (Lipinski definition) is 0. The molecule has 0 amide bonds. The molecule has 1 heterocycles. The van der Waals surface area contributed by atoms with Crippen LogP contribution in [0.4, 0.5) is 5.69 Å². The van der Waals surface area contributed by atoms with Gasteiger partial charge in [-0.1, -0.05) is 44.4 Å². The van der Waals surface area contributed by atoms with Crippen LogP contribution in [0.25, 0.3) is 5.57 Å². The Morgan fingerprint density at radius 3 is 3.00 bits per heavy atom. The molecule has 1 nitrogen and oxygen atoms in total. The number of allylic oxidation sites excluding steroid dienone is 2. The molecule has 0 fully saturated rings. The fourth-order valence-electron chi connectivity index (χ4n) is 3.19. The Labute approximate surface area is 104 Å². The topological polar surface area (TPSA) is 14.1 Å². The molecule has 1 aliphatic heterocycles. The van der Waals surface area contributed by atoms with Gasteiger partial charge < -0.3 is 0 Å². The fraction of sp³-hybridized carbons (Fsp3) is 0.500. The normalized spacial score (nSPS) is 21.4. The smallest absolute Gasteiger partial charge is 0.0708 e. The molecule has 1 atom stereocenters. The summed E-state index contributed by atoms with van der Waals surface area (Å²) in [5, 5.41) is 4.77. The van der Waals surface area contributed by atoms with E-state index in [9.17, 15) is 0 Å². The number of para-hydroxylation sites is 1. The minimum Gasteiger partial charge on any atom is -0.253 e. The molecule has 1 aromatic carbocycles. The van der Waals surface area contributed by atoms with E-state index in [0.29, 0.717) is 0 Å². The first-order valence-corrected chi connectivity index (χ1v) is 6.94. The Morgan fingerprint density at radius 2 is 2.12 bits per heavy atom. The molecule has 0 saturated carbocycles. The zero-order valence-electron chi connectivity index (χ0n) is 10.6. The summed E-state index contributed by atoms with van der Waals surface area (Å²) in [5.41, 5.74) is 5.59. The molecular weight excluding hydrogens is 206 g/mol. The van der Waals surface area contributed by atoms with E-state index < -0.39 is 0 Å². The highest BCUT2D eigenvalue weighted by Gasteiger charge is 2.32. The van der Waals surface area contributed by atoms with Crippen LogP contribution in [0.15, 0.2) is 30.0 Å². The number of nitrogens with zero attached hydrogens (tertiary/aromatic N) is 1. The summed E-state index contributed by atoms with van der Waals surface area (Å²) >= 11 is 0. The van der Waals surface area contributed by atoms with Crippen molar-refractivity contribution >= 4 is 11.3 Å². The van der Waals surface area contributed by atoms with Crippen molar-refractivity contribution in [3.8, 4) is 0 Å². The average Bonchev–Trinajstić information content (AvgIpc) is 2.89. The van der Waals surface area contributed by atoms with Crippen molar-refractivity contribution in [2.75, 3.05) is 0 Å². The Hall–Kier alpha value is -1.24. The molecule has 1 unspecified atom stereocenters. The molecule has 0 spiro atoms. The third-order valence-electron chi connectivity index (χ3n) is 4.05. The van der Waals surface area contributed by atoms with Gasteiger partial charge in [0.15, 0.2) is 0 Å². The molecule has 1 heteroatoms. The Bertz CT molecular complexity index is 445. The standard InChI is InChI=1S/C16H20N/c1-2-3-4-7-12-10-11-15-16(12)13-8-5-6-9-14(13)17-15/h5-6,8-9,12H,2-4,7,10-11H2,1H3. The third-order valence-corrected chi connectivity index (χ3v) is 4.05. The summed E-state index contributed by atoms with van der Waals surface area (Å²) in [6.07, 6.45) is 7.95. The Morgan fingerprint density at radius 1 is 1.24 bits per heavy atom. The highest BCUT2D eigenvalue weighted by atomic mass is 14.9. The van der Waals surface area contributed by atoms with E-state index in [-0.39, 0.29) is 0 Å². The van der Waals surface area contributed by atoms with Gasteiger partial charge in [-0.3, -0.25) is 5.32 Å². The van der Waals surface area contributed by atoms with Crippen LogP contribution >= 0.6 is 0 Å². The maximum atomic E-state index is 4.77. The number of unbranched alkanes of at least 4 members (excludes halogenated alkanes) is 2. The first kappa shape index (κ1) is 10.9. The van der Waals surface area contributed by atoms with Crippen molar-refractivity contribution < 1.29 is 0 Å². The molecular formula is C16H20N. The zero-order chi connectivity index (χ0) is 11.7. The summed E-state index contributed by atoms with van der Waals surface area (Å²) in [7, 11) is 0.